The van der Waals surface area contributed by atoms with Crippen molar-refractivity contribution < 1.29 is 0 Å². The van der Waals surface area contributed by atoms with E-state index in [0.717, 1.165) is 18.5 Å². The van der Waals surface area contributed by atoms with Crippen molar-refractivity contribution in [2.24, 2.45) is 11.8 Å². The molecule has 0 radical (unpaired) electrons. The summed E-state index contributed by atoms with van der Waals surface area (Å²) in [5.74, 6) is 1.47. The highest BCUT2D eigenvalue weighted by atomic mass is 15.2. The summed E-state index contributed by atoms with van der Waals surface area (Å²) in [7, 11) is 0. The maximum absolute atomic E-state index is 3.67. The van der Waals surface area contributed by atoms with Gasteiger partial charge in [-0.3, -0.25) is 4.90 Å². The lowest BCUT2D eigenvalue weighted by Gasteiger charge is -2.39. The average Bonchev–Trinajstić information content (AvgIpc) is 2.84. The quantitative estimate of drug-likeness (QED) is 0.749. The van der Waals surface area contributed by atoms with Crippen LogP contribution in [-0.4, -0.2) is 35.6 Å². The van der Waals surface area contributed by atoms with Gasteiger partial charge in [-0.05, 0) is 58.9 Å². The summed E-state index contributed by atoms with van der Waals surface area (Å²) in [5, 5.41) is 3.67. The van der Waals surface area contributed by atoms with Crippen LogP contribution in [0.15, 0.2) is 0 Å². The number of hydrogen-bond acceptors (Lipinski definition) is 2. The fourth-order valence-corrected chi connectivity index (χ4v) is 3.27. The summed E-state index contributed by atoms with van der Waals surface area (Å²) >= 11 is 0. The molecule has 2 unspecified atom stereocenters. The summed E-state index contributed by atoms with van der Waals surface area (Å²) in [4.78, 5) is 2.81. The van der Waals surface area contributed by atoms with Gasteiger partial charge in [0.1, 0.15) is 0 Å². The zero-order chi connectivity index (χ0) is 15.3. The standard InChI is InChI=1S/C18H38N2/c1-14(2)13-20(17-10-8-9-11-17)16(4)15(3)12-19-18(5,6)7/h14-17,19H,8-13H2,1-7H3. The molecule has 0 amide bonds. The molecule has 1 aliphatic rings. The Morgan fingerprint density at radius 1 is 1.05 bits per heavy atom. The lowest BCUT2D eigenvalue weighted by atomic mass is 9.96. The number of rotatable bonds is 7. The molecule has 1 fully saturated rings. The van der Waals surface area contributed by atoms with Gasteiger partial charge < -0.3 is 5.32 Å². The molecule has 0 spiro atoms. The molecule has 20 heavy (non-hydrogen) atoms. The third kappa shape index (κ3) is 6.13. The van der Waals surface area contributed by atoms with E-state index in [2.05, 4.69) is 58.7 Å². The minimum absolute atomic E-state index is 0.226. The van der Waals surface area contributed by atoms with Gasteiger partial charge in [-0.1, -0.05) is 33.6 Å². The number of nitrogens with one attached hydrogen (secondary N) is 1. The molecular weight excluding hydrogens is 244 g/mol. The first-order valence-corrected chi connectivity index (χ1v) is 8.71. The Hall–Kier alpha value is -0.0800. The van der Waals surface area contributed by atoms with Gasteiger partial charge in [0.25, 0.3) is 0 Å². The highest BCUT2D eigenvalue weighted by molar-refractivity contribution is 4.85. The van der Waals surface area contributed by atoms with Crippen LogP contribution in [0.5, 0.6) is 0 Å². The van der Waals surface area contributed by atoms with Crippen molar-refractivity contribution >= 4 is 0 Å². The third-order valence-corrected chi connectivity index (χ3v) is 4.67. The molecule has 1 rings (SSSR count). The van der Waals surface area contributed by atoms with Crippen molar-refractivity contribution in [1.82, 2.24) is 10.2 Å². The minimum atomic E-state index is 0.226. The third-order valence-electron chi connectivity index (χ3n) is 4.67. The van der Waals surface area contributed by atoms with Gasteiger partial charge in [0.15, 0.2) is 0 Å². The first-order valence-electron chi connectivity index (χ1n) is 8.71. The normalized spacial score (nSPS) is 20.9. The minimum Gasteiger partial charge on any atom is -0.312 e. The summed E-state index contributed by atoms with van der Waals surface area (Å²) in [5.41, 5.74) is 0.226. The van der Waals surface area contributed by atoms with Gasteiger partial charge in [0, 0.05) is 24.2 Å². The van der Waals surface area contributed by atoms with Crippen molar-refractivity contribution in [1.29, 1.82) is 0 Å². The second kappa shape index (κ2) is 7.79. The predicted octanol–water partition coefficient (Wildman–Crippen LogP) is 4.30. The van der Waals surface area contributed by atoms with Crippen LogP contribution < -0.4 is 5.32 Å². The Balaban J connectivity index is 2.58. The van der Waals surface area contributed by atoms with Crippen LogP contribution >= 0.6 is 0 Å². The fourth-order valence-electron chi connectivity index (χ4n) is 3.27. The second-order valence-electron chi connectivity index (χ2n) is 8.38. The molecule has 0 saturated heterocycles. The highest BCUT2D eigenvalue weighted by Gasteiger charge is 2.29. The van der Waals surface area contributed by atoms with Gasteiger partial charge in [0.05, 0.1) is 0 Å². The zero-order valence-corrected chi connectivity index (χ0v) is 15.0. The predicted molar refractivity (Wildman–Crippen MR) is 90.2 cm³/mol. The largest absolute Gasteiger partial charge is 0.312 e. The van der Waals surface area contributed by atoms with Crippen LogP contribution in [0.3, 0.4) is 0 Å². The van der Waals surface area contributed by atoms with Crippen molar-refractivity contribution in [3.63, 3.8) is 0 Å². The van der Waals surface area contributed by atoms with Crippen molar-refractivity contribution in [3.05, 3.63) is 0 Å². The topological polar surface area (TPSA) is 15.3 Å². The molecule has 0 aromatic rings. The lowest BCUT2D eigenvalue weighted by Crippen LogP contribution is -2.49. The van der Waals surface area contributed by atoms with E-state index in [-0.39, 0.29) is 5.54 Å². The van der Waals surface area contributed by atoms with E-state index in [0.29, 0.717) is 12.0 Å². The molecule has 1 N–H and O–H groups in total. The zero-order valence-electron chi connectivity index (χ0n) is 15.0. The van der Waals surface area contributed by atoms with Crippen LogP contribution in [-0.2, 0) is 0 Å². The molecular formula is C18H38N2. The molecule has 0 aromatic carbocycles. The fraction of sp³-hybridized carbons (Fsp3) is 1.00. The van der Waals surface area contributed by atoms with E-state index in [9.17, 15) is 0 Å². The van der Waals surface area contributed by atoms with Gasteiger partial charge in [-0.2, -0.15) is 0 Å². The van der Waals surface area contributed by atoms with E-state index in [4.69, 9.17) is 0 Å². The van der Waals surface area contributed by atoms with Crippen LogP contribution in [0.4, 0.5) is 0 Å². The highest BCUT2D eigenvalue weighted by Crippen LogP contribution is 2.28. The second-order valence-corrected chi connectivity index (χ2v) is 8.38. The van der Waals surface area contributed by atoms with E-state index in [1.807, 2.05) is 0 Å². The lowest BCUT2D eigenvalue weighted by molar-refractivity contribution is 0.0919. The maximum Gasteiger partial charge on any atom is 0.0108 e. The summed E-state index contributed by atoms with van der Waals surface area (Å²) in [6, 6.07) is 1.51. The molecule has 2 nitrogen and oxygen atoms in total. The molecule has 1 aliphatic carbocycles. The van der Waals surface area contributed by atoms with Gasteiger partial charge >= 0.3 is 0 Å². The molecule has 120 valence electrons. The smallest absolute Gasteiger partial charge is 0.0108 e. The molecule has 0 aromatic heterocycles. The molecule has 2 atom stereocenters. The summed E-state index contributed by atoms with van der Waals surface area (Å²) in [6.07, 6.45) is 5.69. The summed E-state index contributed by atoms with van der Waals surface area (Å²) in [6.45, 7) is 18.7. The number of nitrogens with zero attached hydrogens (tertiary/aromatic N) is 1. The number of hydrogen-bond donors (Lipinski definition) is 1. The first-order chi connectivity index (χ1) is 9.20. The Morgan fingerprint density at radius 3 is 2.05 bits per heavy atom. The molecule has 0 aliphatic heterocycles. The Kier molecular flexibility index (Phi) is 7.00. The van der Waals surface area contributed by atoms with Crippen molar-refractivity contribution in [2.75, 3.05) is 13.1 Å². The van der Waals surface area contributed by atoms with Crippen molar-refractivity contribution in [3.8, 4) is 0 Å². The SMILES string of the molecule is CC(C)CN(C1CCCC1)C(C)C(C)CNC(C)(C)C. The Bertz CT molecular complexity index is 261. The molecule has 1 saturated carbocycles. The van der Waals surface area contributed by atoms with Crippen LogP contribution in [0.1, 0.15) is 74.1 Å². The average molecular weight is 283 g/mol. The molecule has 2 heteroatoms. The first kappa shape index (κ1) is 18.0. The van der Waals surface area contributed by atoms with Gasteiger partial charge in [-0.15, -0.1) is 0 Å². The van der Waals surface area contributed by atoms with Gasteiger partial charge in [-0.25, -0.2) is 0 Å². The monoisotopic (exact) mass is 282 g/mol. The molecule has 0 heterocycles. The van der Waals surface area contributed by atoms with Gasteiger partial charge in [0.2, 0.25) is 0 Å². The maximum atomic E-state index is 3.67. The van der Waals surface area contributed by atoms with Crippen LogP contribution in [0, 0.1) is 11.8 Å². The molecule has 0 bridgehead atoms. The van der Waals surface area contributed by atoms with Crippen molar-refractivity contribution in [2.45, 2.75) is 91.8 Å². The van der Waals surface area contributed by atoms with Crippen LogP contribution in [0.2, 0.25) is 0 Å². The van der Waals surface area contributed by atoms with E-state index < -0.39 is 0 Å². The van der Waals surface area contributed by atoms with E-state index >= 15 is 0 Å². The Labute approximate surface area is 127 Å². The van der Waals surface area contributed by atoms with E-state index in [1.165, 1.54) is 32.2 Å². The van der Waals surface area contributed by atoms with E-state index in [1.54, 1.807) is 0 Å². The Morgan fingerprint density at radius 2 is 1.60 bits per heavy atom. The summed E-state index contributed by atoms with van der Waals surface area (Å²) < 4.78 is 0. The van der Waals surface area contributed by atoms with Crippen LogP contribution in [0.25, 0.3) is 0 Å².